The molecule has 0 N–H and O–H groups in total. The molecule has 0 aliphatic heterocycles. The van der Waals surface area contributed by atoms with Gasteiger partial charge in [-0.25, -0.2) is 16.8 Å². The van der Waals surface area contributed by atoms with E-state index >= 15 is 0 Å². The predicted octanol–water partition coefficient (Wildman–Crippen LogP) is 1.55. The van der Waals surface area contributed by atoms with Gasteiger partial charge in [0.25, 0.3) is 0 Å². The van der Waals surface area contributed by atoms with Gasteiger partial charge in [-0.1, -0.05) is 19.4 Å². The summed E-state index contributed by atoms with van der Waals surface area (Å²) >= 11 is 0. The molecule has 0 aliphatic rings. The lowest BCUT2D eigenvalue weighted by Crippen LogP contribution is -2.19. The number of rotatable bonds is 7. The average molecular weight is 315 g/mol. The van der Waals surface area contributed by atoms with Gasteiger partial charge in [-0.2, -0.15) is 5.26 Å². The van der Waals surface area contributed by atoms with Crippen LogP contribution >= 0.6 is 0 Å². The summed E-state index contributed by atoms with van der Waals surface area (Å²) in [5, 5.41) is 8.74. The van der Waals surface area contributed by atoms with Gasteiger partial charge < -0.3 is 0 Å². The Morgan fingerprint density at radius 2 is 1.80 bits per heavy atom. The molecule has 20 heavy (non-hydrogen) atoms. The lowest BCUT2D eigenvalue weighted by Gasteiger charge is -2.06. The van der Waals surface area contributed by atoms with E-state index < -0.39 is 25.4 Å². The minimum Gasteiger partial charge on any atom is -0.229 e. The predicted molar refractivity (Wildman–Crippen MR) is 76.8 cm³/mol. The Bertz CT molecular complexity index is 700. The van der Waals surface area contributed by atoms with Crippen molar-refractivity contribution in [1.82, 2.24) is 0 Å². The molecule has 0 spiro atoms. The zero-order valence-electron chi connectivity index (χ0n) is 11.2. The lowest BCUT2D eigenvalue weighted by atomic mass is 10.2. The van der Waals surface area contributed by atoms with Gasteiger partial charge in [-0.15, -0.1) is 0 Å². The van der Waals surface area contributed by atoms with Gasteiger partial charge in [0, 0.05) is 0 Å². The van der Waals surface area contributed by atoms with Crippen molar-refractivity contribution >= 4 is 19.7 Å². The molecule has 0 fully saturated rings. The Hall–Kier alpha value is -1.39. The van der Waals surface area contributed by atoms with Crippen molar-refractivity contribution in [2.24, 2.45) is 0 Å². The molecule has 110 valence electrons. The van der Waals surface area contributed by atoms with Crippen LogP contribution in [0.3, 0.4) is 0 Å². The van der Waals surface area contributed by atoms with Crippen LogP contribution in [-0.2, 0) is 19.7 Å². The first kappa shape index (κ1) is 16.7. The SMILES string of the molecule is CCCCS(=O)(=O)CCS(=O)(=O)c1cccc(C#N)c1. The van der Waals surface area contributed by atoms with Crippen molar-refractivity contribution in [3.63, 3.8) is 0 Å². The maximum Gasteiger partial charge on any atom is 0.179 e. The summed E-state index contributed by atoms with van der Waals surface area (Å²) in [5.74, 6) is -0.822. The molecule has 0 atom stereocenters. The van der Waals surface area contributed by atoms with Crippen molar-refractivity contribution < 1.29 is 16.8 Å². The molecule has 1 aromatic carbocycles. The standard InChI is InChI=1S/C13H17NO4S2/c1-2-3-7-19(15,16)8-9-20(17,18)13-6-4-5-12(10-13)11-14/h4-6,10H,2-3,7-9H2,1H3. The molecule has 0 bridgehead atoms. The third-order valence-corrected chi connectivity index (χ3v) is 6.50. The molecule has 0 saturated carbocycles. The molecule has 5 nitrogen and oxygen atoms in total. The monoisotopic (exact) mass is 315 g/mol. The Labute approximate surface area is 120 Å². The van der Waals surface area contributed by atoms with Crippen LogP contribution in [0.2, 0.25) is 0 Å². The molecule has 0 unspecified atom stereocenters. The Kier molecular flexibility index (Phi) is 5.72. The van der Waals surface area contributed by atoms with Gasteiger partial charge in [-0.05, 0) is 24.6 Å². The summed E-state index contributed by atoms with van der Waals surface area (Å²) in [7, 11) is -7.03. The topological polar surface area (TPSA) is 92.1 Å². The Morgan fingerprint density at radius 3 is 2.40 bits per heavy atom. The number of unbranched alkanes of at least 4 members (excludes halogenated alkanes) is 1. The maximum atomic E-state index is 12.0. The van der Waals surface area contributed by atoms with Crippen LogP contribution in [0.5, 0.6) is 0 Å². The highest BCUT2D eigenvalue weighted by molar-refractivity contribution is 7.95. The summed E-state index contributed by atoms with van der Waals surface area (Å²) in [6, 6.07) is 7.45. The second-order valence-electron chi connectivity index (χ2n) is 4.46. The first-order valence-electron chi connectivity index (χ1n) is 6.24. The molecule has 0 radical (unpaired) electrons. The number of nitrogens with zero attached hydrogens (tertiary/aromatic N) is 1. The van der Waals surface area contributed by atoms with E-state index in [0.717, 1.165) is 6.42 Å². The van der Waals surface area contributed by atoms with Gasteiger partial charge in [0.05, 0.1) is 33.8 Å². The quantitative estimate of drug-likeness (QED) is 0.761. The smallest absolute Gasteiger partial charge is 0.179 e. The first-order chi connectivity index (χ1) is 9.30. The van der Waals surface area contributed by atoms with Crippen molar-refractivity contribution in [3.8, 4) is 6.07 Å². The Balaban J connectivity index is 2.83. The minimum absolute atomic E-state index is 0.0112. The maximum absolute atomic E-state index is 12.0. The molecule has 0 saturated heterocycles. The molecule has 0 heterocycles. The van der Waals surface area contributed by atoms with Crippen LogP contribution < -0.4 is 0 Å². The van der Waals surface area contributed by atoms with Gasteiger partial charge in [0.2, 0.25) is 0 Å². The van der Waals surface area contributed by atoms with Crippen LogP contribution in [0, 0.1) is 11.3 Å². The number of benzene rings is 1. The van der Waals surface area contributed by atoms with Crippen molar-refractivity contribution in [3.05, 3.63) is 29.8 Å². The average Bonchev–Trinajstić information content (AvgIpc) is 2.43. The summed E-state index contributed by atoms with van der Waals surface area (Å²) < 4.78 is 47.4. The number of hydrogen-bond acceptors (Lipinski definition) is 5. The fraction of sp³-hybridized carbons (Fsp3) is 0.462. The van der Waals surface area contributed by atoms with Crippen molar-refractivity contribution in [2.75, 3.05) is 17.3 Å². The van der Waals surface area contributed by atoms with Crippen LogP contribution in [0.15, 0.2) is 29.2 Å². The minimum atomic E-state index is -3.68. The number of nitriles is 1. The molecular weight excluding hydrogens is 298 g/mol. The van der Waals surface area contributed by atoms with E-state index in [2.05, 4.69) is 0 Å². The normalized spacial score (nSPS) is 12.0. The summed E-state index contributed by atoms with van der Waals surface area (Å²) in [5.41, 5.74) is 0.236. The fourth-order valence-corrected chi connectivity index (χ4v) is 5.23. The molecule has 0 aromatic heterocycles. The van der Waals surface area contributed by atoms with E-state index in [0.29, 0.717) is 6.42 Å². The number of sulfone groups is 2. The molecule has 1 aromatic rings. The highest BCUT2D eigenvalue weighted by Crippen LogP contribution is 2.13. The third-order valence-electron chi connectivity index (χ3n) is 2.79. The molecular formula is C13H17NO4S2. The van der Waals surface area contributed by atoms with E-state index in [1.807, 2.05) is 13.0 Å². The zero-order valence-corrected chi connectivity index (χ0v) is 12.9. The summed E-state index contributed by atoms with van der Waals surface area (Å²) in [6.07, 6.45) is 1.28. The third kappa shape index (κ3) is 4.94. The lowest BCUT2D eigenvalue weighted by molar-refractivity contribution is 0.585. The van der Waals surface area contributed by atoms with E-state index in [1.54, 1.807) is 0 Å². The van der Waals surface area contributed by atoms with E-state index in [9.17, 15) is 16.8 Å². The highest BCUT2D eigenvalue weighted by Gasteiger charge is 2.19. The molecule has 1 rings (SSSR count). The zero-order chi connectivity index (χ0) is 15.2. The highest BCUT2D eigenvalue weighted by atomic mass is 32.2. The van der Waals surface area contributed by atoms with E-state index in [1.165, 1.54) is 24.3 Å². The van der Waals surface area contributed by atoms with Crippen LogP contribution in [0.25, 0.3) is 0 Å². The van der Waals surface area contributed by atoms with Gasteiger partial charge in [0.1, 0.15) is 0 Å². The van der Waals surface area contributed by atoms with Crippen molar-refractivity contribution in [1.29, 1.82) is 5.26 Å². The second-order valence-corrected chi connectivity index (χ2v) is 8.88. The first-order valence-corrected chi connectivity index (χ1v) is 9.71. The Morgan fingerprint density at radius 1 is 1.10 bits per heavy atom. The van der Waals surface area contributed by atoms with Crippen LogP contribution in [0.4, 0.5) is 0 Å². The van der Waals surface area contributed by atoms with Crippen LogP contribution in [0.1, 0.15) is 25.3 Å². The van der Waals surface area contributed by atoms with E-state index in [-0.39, 0.29) is 22.0 Å². The van der Waals surface area contributed by atoms with Gasteiger partial charge >= 0.3 is 0 Å². The molecule has 0 amide bonds. The summed E-state index contributed by atoms with van der Waals surface area (Å²) in [6.45, 7) is 1.87. The molecule has 7 heteroatoms. The largest absolute Gasteiger partial charge is 0.229 e. The second kappa shape index (κ2) is 6.86. The fourth-order valence-electron chi connectivity index (χ4n) is 1.58. The van der Waals surface area contributed by atoms with Gasteiger partial charge in [-0.3, -0.25) is 0 Å². The van der Waals surface area contributed by atoms with Crippen molar-refractivity contribution in [2.45, 2.75) is 24.7 Å². The van der Waals surface area contributed by atoms with E-state index in [4.69, 9.17) is 5.26 Å². The van der Waals surface area contributed by atoms with Crippen LogP contribution in [-0.4, -0.2) is 34.1 Å². The number of hydrogen-bond donors (Lipinski definition) is 0. The summed E-state index contributed by atoms with van der Waals surface area (Å²) in [4.78, 5) is -0.0118. The van der Waals surface area contributed by atoms with Gasteiger partial charge in [0.15, 0.2) is 19.7 Å². The molecule has 0 aliphatic carbocycles.